The number of benzene rings is 2. The Balaban J connectivity index is 1.80. The average molecular weight is 474 g/mol. The van der Waals surface area contributed by atoms with Crippen molar-refractivity contribution in [3.8, 4) is 16.9 Å². The predicted octanol–water partition coefficient (Wildman–Crippen LogP) is 6.40. The lowest BCUT2D eigenvalue weighted by Gasteiger charge is -2.10. The Morgan fingerprint density at radius 2 is 1.74 bits per heavy atom. The molecule has 2 heterocycles. The number of amides is 1. The van der Waals surface area contributed by atoms with E-state index in [9.17, 15) is 9.59 Å². The Kier molecular flexibility index (Phi) is 5.92. The highest BCUT2D eigenvalue weighted by atomic mass is 35.5. The highest BCUT2D eigenvalue weighted by Gasteiger charge is 2.26. The van der Waals surface area contributed by atoms with Crippen molar-refractivity contribution in [2.24, 2.45) is 0 Å². The number of hydrogen-bond acceptors (Lipinski definition) is 3. The largest absolute Gasteiger partial charge is 0.495 e. The molecule has 0 aliphatic rings. The monoisotopic (exact) mass is 472 g/mol. The van der Waals surface area contributed by atoms with Gasteiger partial charge < -0.3 is 14.5 Å². The molecule has 2 aromatic heterocycles. The minimum atomic E-state index is -0.839. The maximum Gasteiger partial charge on any atom is 0.298 e. The number of ketones is 1. The van der Waals surface area contributed by atoms with Gasteiger partial charge in [-0.1, -0.05) is 53.0 Å². The fourth-order valence-corrected chi connectivity index (χ4v) is 3.90. The number of anilines is 1. The van der Waals surface area contributed by atoms with Crippen LogP contribution in [0.5, 0.6) is 5.75 Å². The van der Waals surface area contributed by atoms with E-state index in [1.807, 2.05) is 18.2 Å². The molecule has 0 unspecified atom stereocenters. The van der Waals surface area contributed by atoms with Gasteiger partial charge in [0.05, 0.1) is 27.9 Å². The molecule has 0 bridgehead atoms. The Bertz CT molecular complexity index is 1330. The summed E-state index contributed by atoms with van der Waals surface area (Å²) in [7, 11) is 1.52. The van der Waals surface area contributed by atoms with Gasteiger partial charge in [0.1, 0.15) is 11.4 Å². The zero-order valence-corrected chi connectivity index (χ0v) is 18.4. The van der Waals surface area contributed by atoms with Gasteiger partial charge in [0.25, 0.3) is 11.7 Å². The first kappa shape index (κ1) is 21.2. The Hall–Kier alpha value is -2.99. The van der Waals surface area contributed by atoms with Crippen LogP contribution in [-0.4, -0.2) is 23.2 Å². The van der Waals surface area contributed by atoms with Gasteiger partial charge in [-0.25, -0.2) is 0 Å². The van der Waals surface area contributed by atoms with Crippen molar-refractivity contribution in [3.63, 3.8) is 0 Å². The molecule has 8 heteroatoms. The Labute approximate surface area is 193 Å². The molecule has 156 valence electrons. The third-order valence-corrected chi connectivity index (χ3v) is 5.88. The zero-order chi connectivity index (χ0) is 22.1. The van der Waals surface area contributed by atoms with Crippen molar-refractivity contribution in [1.29, 1.82) is 0 Å². The number of aromatic nitrogens is 1. The summed E-state index contributed by atoms with van der Waals surface area (Å²) in [6, 6.07) is 17.3. The lowest BCUT2D eigenvalue weighted by atomic mass is 10.0. The zero-order valence-electron chi connectivity index (χ0n) is 16.2. The Morgan fingerprint density at radius 1 is 0.935 bits per heavy atom. The van der Waals surface area contributed by atoms with Gasteiger partial charge >= 0.3 is 0 Å². The number of hydrogen-bond donors (Lipinski definition) is 1. The van der Waals surface area contributed by atoms with E-state index in [1.54, 1.807) is 53.1 Å². The quantitative estimate of drug-likeness (QED) is 0.270. The molecule has 1 amide bonds. The highest BCUT2D eigenvalue weighted by Crippen LogP contribution is 2.34. The molecule has 0 atom stereocenters. The number of pyridine rings is 1. The van der Waals surface area contributed by atoms with Gasteiger partial charge in [-0.15, -0.1) is 0 Å². The second-order valence-electron chi connectivity index (χ2n) is 6.64. The number of carbonyl (C=O) groups is 2. The molecule has 0 saturated carbocycles. The van der Waals surface area contributed by atoms with Gasteiger partial charge in [0, 0.05) is 17.3 Å². The summed E-state index contributed by atoms with van der Waals surface area (Å²) in [5, 5.41) is 3.37. The van der Waals surface area contributed by atoms with Crippen molar-refractivity contribution < 1.29 is 14.3 Å². The number of methoxy groups -OCH3 is 1. The fourth-order valence-electron chi connectivity index (χ4n) is 3.30. The summed E-state index contributed by atoms with van der Waals surface area (Å²) in [6.45, 7) is 0. The van der Waals surface area contributed by atoms with E-state index in [0.717, 1.165) is 5.52 Å². The van der Waals surface area contributed by atoms with Crippen LogP contribution in [-0.2, 0) is 4.79 Å². The SMILES string of the molecule is COc1ccc(-c2cc3ccccn3c2C(=O)C(=O)Nc2cccc(Cl)c2Cl)cc1Cl. The highest BCUT2D eigenvalue weighted by molar-refractivity contribution is 6.49. The van der Waals surface area contributed by atoms with Crippen LogP contribution in [0.1, 0.15) is 10.5 Å². The minimum Gasteiger partial charge on any atom is -0.495 e. The van der Waals surface area contributed by atoms with Crippen LogP contribution in [0, 0.1) is 0 Å². The van der Waals surface area contributed by atoms with Crippen LogP contribution in [0.3, 0.4) is 0 Å². The molecule has 4 aromatic rings. The van der Waals surface area contributed by atoms with Crippen LogP contribution in [0.4, 0.5) is 5.69 Å². The number of nitrogens with one attached hydrogen (secondary N) is 1. The lowest BCUT2D eigenvalue weighted by molar-refractivity contribution is -0.112. The van der Waals surface area contributed by atoms with Crippen molar-refractivity contribution in [2.75, 3.05) is 12.4 Å². The van der Waals surface area contributed by atoms with Crippen LogP contribution >= 0.6 is 34.8 Å². The van der Waals surface area contributed by atoms with E-state index in [2.05, 4.69) is 5.32 Å². The molecule has 0 aliphatic carbocycles. The molecule has 0 radical (unpaired) electrons. The van der Waals surface area contributed by atoms with Gasteiger partial charge in [-0.05, 0) is 48.0 Å². The second kappa shape index (κ2) is 8.63. The van der Waals surface area contributed by atoms with E-state index >= 15 is 0 Å². The van der Waals surface area contributed by atoms with Gasteiger partial charge in [-0.3, -0.25) is 9.59 Å². The number of carbonyl (C=O) groups excluding carboxylic acids is 2. The van der Waals surface area contributed by atoms with Crippen LogP contribution in [0.2, 0.25) is 15.1 Å². The van der Waals surface area contributed by atoms with E-state index in [1.165, 1.54) is 7.11 Å². The molecular formula is C23H15Cl3N2O3. The number of Topliss-reactive ketones (excluding diaryl/α,β-unsaturated/α-hetero) is 1. The minimum absolute atomic E-state index is 0.160. The molecule has 31 heavy (non-hydrogen) atoms. The predicted molar refractivity (Wildman–Crippen MR) is 124 cm³/mol. The summed E-state index contributed by atoms with van der Waals surface area (Å²) in [4.78, 5) is 26.1. The summed E-state index contributed by atoms with van der Waals surface area (Å²) in [6.07, 6.45) is 1.72. The van der Waals surface area contributed by atoms with Crippen molar-refractivity contribution >= 4 is 57.7 Å². The number of fused-ring (bicyclic) bond motifs is 1. The van der Waals surface area contributed by atoms with Crippen molar-refractivity contribution in [2.45, 2.75) is 0 Å². The molecule has 4 rings (SSSR count). The van der Waals surface area contributed by atoms with Gasteiger partial charge in [-0.2, -0.15) is 0 Å². The molecule has 1 N–H and O–H groups in total. The summed E-state index contributed by atoms with van der Waals surface area (Å²) in [5.41, 5.74) is 2.44. The standard InChI is InChI=1S/C23H15Cl3N2O3/c1-31-19-9-8-13(11-17(19)25)15-12-14-5-2-3-10-28(14)21(15)22(29)23(30)27-18-7-4-6-16(24)20(18)26/h2-12H,1H3,(H,27,30). The molecule has 5 nitrogen and oxygen atoms in total. The summed E-state index contributed by atoms with van der Waals surface area (Å²) >= 11 is 18.4. The second-order valence-corrected chi connectivity index (χ2v) is 7.83. The molecule has 0 spiro atoms. The maximum atomic E-state index is 13.3. The molecule has 0 aliphatic heterocycles. The topological polar surface area (TPSA) is 59.8 Å². The fraction of sp³-hybridized carbons (Fsp3) is 0.0435. The molecule has 0 saturated heterocycles. The number of rotatable bonds is 5. The van der Waals surface area contributed by atoms with Crippen molar-refractivity contribution in [1.82, 2.24) is 4.40 Å². The smallest absolute Gasteiger partial charge is 0.298 e. The first-order valence-corrected chi connectivity index (χ1v) is 10.3. The first-order chi connectivity index (χ1) is 14.9. The third kappa shape index (κ3) is 4.00. The van der Waals surface area contributed by atoms with Crippen molar-refractivity contribution in [3.05, 3.63) is 87.6 Å². The van der Waals surface area contributed by atoms with E-state index in [4.69, 9.17) is 39.5 Å². The van der Waals surface area contributed by atoms with E-state index < -0.39 is 11.7 Å². The molecular weight excluding hydrogens is 459 g/mol. The van der Waals surface area contributed by atoms with E-state index in [-0.39, 0.29) is 21.4 Å². The van der Waals surface area contributed by atoms with Crippen LogP contribution < -0.4 is 10.1 Å². The maximum absolute atomic E-state index is 13.3. The van der Waals surface area contributed by atoms with Gasteiger partial charge in [0.2, 0.25) is 0 Å². The number of nitrogens with zero attached hydrogens (tertiary/aromatic N) is 1. The van der Waals surface area contributed by atoms with E-state index in [0.29, 0.717) is 21.9 Å². The normalized spacial score (nSPS) is 10.8. The van der Waals surface area contributed by atoms with Gasteiger partial charge in [0.15, 0.2) is 0 Å². The molecule has 2 aromatic carbocycles. The van der Waals surface area contributed by atoms with Crippen LogP contribution in [0.25, 0.3) is 16.6 Å². The summed E-state index contributed by atoms with van der Waals surface area (Å²) in [5.74, 6) is -1.06. The average Bonchev–Trinajstić information content (AvgIpc) is 3.15. The first-order valence-electron chi connectivity index (χ1n) is 9.14. The lowest BCUT2D eigenvalue weighted by Crippen LogP contribution is -2.24. The molecule has 0 fully saturated rings. The third-order valence-electron chi connectivity index (χ3n) is 4.76. The number of ether oxygens (including phenoxy) is 1. The Morgan fingerprint density at radius 3 is 2.48 bits per heavy atom. The van der Waals surface area contributed by atoms with Crippen LogP contribution in [0.15, 0.2) is 66.9 Å². The summed E-state index contributed by atoms with van der Waals surface area (Å²) < 4.78 is 6.87. The number of halogens is 3.